The first-order valence-corrected chi connectivity index (χ1v) is 6.71. The minimum absolute atomic E-state index is 0.0156. The molecule has 2 aromatic rings. The van der Waals surface area contributed by atoms with E-state index in [9.17, 15) is 9.59 Å². The number of carbonyl (C=O) groups excluding carboxylic acids is 1. The molecule has 0 saturated heterocycles. The summed E-state index contributed by atoms with van der Waals surface area (Å²) in [4.78, 5) is 23.3. The molecule has 1 amide bonds. The van der Waals surface area contributed by atoms with Gasteiger partial charge in [-0.1, -0.05) is 27.5 Å². The molecule has 0 radical (unpaired) electrons. The Labute approximate surface area is 128 Å². The second-order valence-corrected chi connectivity index (χ2v) is 5.46. The number of halogens is 2. The molecular weight excluding hydrogens is 348 g/mol. The van der Waals surface area contributed by atoms with Crippen LogP contribution in [0.5, 0.6) is 0 Å². The fraction of sp³-hybridized carbons (Fsp3) is 0.0769. The zero-order chi connectivity index (χ0) is 14.9. The highest BCUT2D eigenvalue weighted by Gasteiger charge is 2.16. The first-order chi connectivity index (χ1) is 9.38. The van der Waals surface area contributed by atoms with Crippen LogP contribution in [0.25, 0.3) is 0 Å². The number of hydrogen-bond acceptors (Lipinski definition) is 2. The average Bonchev–Trinajstić information content (AvgIpc) is 2.68. The largest absolute Gasteiger partial charge is 0.478 e. The molecule has 0 saturated carbocycles. The predicted octanol–water partition coefficient (Wildman–Crippen LogP) is 3.39. The summed E-state index contributed by atoms with van der Waals surface area (Å²) in [6, 6.07) is 6.06. The van der Waals surface area contributed by atoms with Crippen LogP contribution in [0.2, 0.25) is 5.02 Å². The SMILES string of the molecule is Cn1cc(Cl)cc1C(=O)Nc1cc(Br)ccc1C(=O)O. The Hall–Kier alpha value is -1.79. The van der Waals surface area contributed by atoms with Crippen LogP contribution in [0, 0.1) is 0 Å². The molecule has 0 fully saturated rings. The third-order valence-electron chi connectivity index (χ3n) is 2.66. The number of benzene rings is 1. The van der Waals surface area contributed by atoms with E-state index in [0.29, 0.717) is 15.2 Å². The van der Waals surface area contributed by atoms with Crippen molar-refractivity contribution in [2.24, 2.45) is 7.05 Å². The van der Waals surface area contributed by atoms with E-state index in [4.69, 9.17) is 16.7 Å². The second kappa shape index (κ2) is 5.68. The van der Waals surface area contributed by atoms with Crippen molar-refractivity contribution in [3.05, 3.63) is 51.2 Å². The lowest BCUT2D eigenvalue weighted by atomic mass is 10.2. The number of carboxylic acid groups (broad SMARTS) is 1. The molecule has 0 aliphatic heterocycles. The van der Waals surface area contributed by atoms with Crippen LogP contribution in [0.3, 0.4) is 0 Å². The molecule has 1 aromatic heterocycles. The number of aromatic carboxylic acids is 1. The lowest BCUT2D eigenvalue weighted by Crippen LogP contribution is -2.17. The van der Waals surface area contributed by atoms with Gasteiger partial charge in [-0.3, -0.25) is 4.79 Å². The summed E-state index contributed by atoms with van der Waals surface area (Å²) in [5.41, 5.74) is 0.572. The van der Waals surface area contributed by atoms with Crippen LogP contribution < -0.4 is 5.32 Å². The Morgan fingerprint density at radius 1 is 1.35 bits per heavy atom. The van der Waals surface area contributed by atoms with Crippen molar-refractivity contribution in [2.45, 2.75) is 0 Å². The monoisotopic (exact) mass is 356 g/mol. The van der Waals surface area contributed by atoms with Gasteiger partial charge in [0.05, 0.1) is 16.3 Å². The van der Waals surface area contributed by atoms with Crippen LogP contribution in [-0.2, 0) is 7.05 Å². The van der Waals surface area contributed by atoms with Gasteiger partial charge in [-0.05, 0) is 24.3 Å². The van der Waals surface area contributed by atoms with Crippen molar-refractivity contribution in [3.63, 3.8) is 0 Å². The summed E-state index contributed by atoms with van der Waals surface area (Å²) in [5.74, 6) is -1.54. The highest BCUT2D eigenvalue weighted by atomic mass is 79.9. The van der Waals surface area contributed by atoms with Gasteiger partial charge in [-0.2, -0.15) is 0 Å². The van der Waals surface area contributed by atoms with Crippen molar-refractivity contribution in [3.8, 4) is 0 Å². The highest BCUT2D eigenvalue weighted by molar-refractivity contribution is 9.10. The summed E-state index contributed by atoms with van der Waals surface area (Å²) < 4.78 is 2.23. The van der Waals surface area contributed by atoms with Crippen molar-refractivity contribution >= 4 is 45.1 Å². The molecule has 2 rings (SSSR count). The molecule has 1 heterocycles. The molecule has 2 N–H and O–H groups in total. The van der Waals surface area contributed by atoms with Gasteiger partial charge >= 0.3 is 5.97 Å². The molecule has 7 heteroatoms. The van der Waals surface area contributed by atoms with Crippen LogP contribution in [0.15, 0.2) is 34.9 Å². The molecule has 1 aromatic carbocycles. The van der Waals surface area contributed by atoms with E-state index in [-0.39, 0.29) is 11.3 Å². The molecule has 0 aliphatic rings. The topological polar surface area (TPSA) is 71.3 Å². The normalized spacial score (nSPS) is 10.3. The number of carbonyl (C=O) groups is 2. The number of nitrogens with zero attached hydrogens (tertiary/aromatic N) is 1. The molecule has 0 atom stereocenters. The molecule has 0 aliphatic carbocycles. The number of anilines is 1. The molecular formula is C13H10BrClN2O3. The van der Waals surface area contributed by atoms with Gasteiger partial charge in [0.25, 0.3) is 5.91 Å². The number of nitrogens with one attached hydrogen (secondary N) is 1. The number of hydrogen-bond donors (Lipinski definition) is 2. The minimum Gasteiger partial charge on any atom is -0.478 e. The smallest absolute Gasteiger partial charge is 0.337 e. The number of amides is 1. The van der Waals surface area contributed by atoms with Crippen LogP contribution in [0.1, 0.15) is 20.8 Å². The number of aryl methyl sites for hydroxylation is 1. The third kappa shape index (κ3) is 3.02. The van der Waals surface area contributed by atoms with Gasteiger partial charge in [0.1, 0.15) is 5.69 Å². The number of aromatic nitrogens is 1. The van der Waals surface area contributed by atoms with Crippen molar-refractivity contribution in [2.75, 3.05) is 5.32 Å². The average molecular weight is 358 g/mol. The Morgan fingerprint density at radius 3 is 2.60 bits per heavy atom. The van der Waals surface area contributed by atoms with Crippen molar-refractivity contribution < 1.29 is 14.7 Å². The van der Waals surface area contributed by atoms with E-state index in [2.05, 4.69) is 21.2 Å². The zero-order valence-electron chi connectivity index (χ0n) is 10.4. The summed E-state index contributed by atoms with van der Waals surface area (Å²) in [5, 5.41) is 12.1. The van der Waals surface area contributed by atoms with Gasteiger partial charge in [0.2, 0.25) is 0 Å². The molecule has 0 spiro atoms. The summed E-state index contributed by atoms with van der Waals surface area (Å²) >= 11 is 9.06. The fourth-order valence-electron chi connectivity index (χ4n) is 1.74. The lowest BCUT2D eigenvalue weighted by Gasteiger charge is -2.09. The van der Waals surface area contributed by atoms with Gasteiger partial charge < -0.3 is 15.0 Å². The van der Waals surface area contributed by atoms with E-state index in [1.807, 2.05) is 0 Å². The highest BCUT2D eigenvalue weighted by Crippen LogP contribution is 2.23. The molecule has 5 nitrogen and oxygen atoms in total. The first kappa shape index (κ1) is 14.6. The van der Waals surface area contributed by atoms with E-state index >= 15 is 0 Å². The Bertz CT molecular complexity index is 697. The minimum atomic E-state index is -1.11. The quantitative estimate of drug-likeness (QED) is 0.884. The summed E-state index contributed by atoms with van der Waals surface area (Å²) in [6.45, 7) is 0. The van der Waals surface area contributed by atoms with Crippen LogP contribution >= 0.6 is 27.5 Å². The van der Waals surface area contributed by atoms with Gasteiger partial charge in [-0.25, -0.2) is 4.79 Å². The van der Waals surface area contributed by atoms with E-state index in [0.717, 1.165) is 0 Å². The lowest BCUT2D eigenvalue weighted by molar-refractivity contribution is 0.0698. The number of rotatable bonds is 3. The maximum atomic E-state index is 12.1. The van der Waals surface area contributed by atoms with E-state index in [1.54, 1.807) is 23.9 Å². The van der Waals surface area contributed by atoms with Gasteiger partial charge in [-0.15, -0.1) is 0 Å². The second-order valence-electron chi connectivity index (χ2n) is 4.10. The molecule has 0 unspecified atom stereocenters. The Kier molecular flexibility index (Phi) is 4.15. The van der Waals surface area contributed by atoms with E-state index < -0.39 is 11.9 Å². The summed E-state index contributed by atoms with van der Waals surface area (Å²) in [7, 11) is 1.68. The van der Waals surface area contributed by atoms with Crippen LogP contribution in [0.4, 0.5) is 5.69 Å². The fourth-order valence-corrected chi connectivity index (χ4v) is 2.35. The summed E-state index contributed by atoms with van der Waals surface area (Å²) in [6.07, 6.45) is 1.59. The maximum absolute atomic E-state index is 12.1. The van der Waals surface area contributed by atoms with Crippen molar-refractivity contribution in [1.29, 1.82) is 0 Å². The van der Waals surface area contributed by atoms with Crippen molar-refractivity contribution in [1.82, 2.24) is 4.57 Å². The standard InChI is InChI=1S/C13H10BrClN2O3/c1-17-6-8(15)5-11(17)12(18)16-10-4-7(14)2-3-9(10)13(19)20/h2-6H,1H3,(H,16,18)(H,19,20). The molecule has 0 bridgehead atoms. The Morgan fingerprint density at radius 2 is 2.05 bits per heavy atom. The van der Waals surface area contributed by atoms with Gasteiger partial charge in [0, 0.05) is 17.7 Å². The zero-order valence-corrected chi connectivity index (χ0v) is 12.7. The van der Waals surface area contributed by atoms with Gasteiger partial charge in [0.15, 0.2) is 0 Å². The maximum Gasteiger partial charge on any atom is 0.337 e. The number of carboxylic acids is 1. The third-order valence-corrected chi connectivity index (χ3v) is 3.36. The molecule has 104 valence electrons. The molecule has 20 heavy (non-hydrogen) atoms. The van der Waals surface area contributed by atoms with E-state index in [1.165, 1.54) is 18.2 Å². The Balaban J connectivity index is 2.34. The predicted molar refractivity (Wildman–Crippen MR) is 79.5 cm³/mol. The van der Waals surface area contributed by atoms with Crippen LogP contribution in [-0.4, -0.2) is 21.6 Å². The first-order valence-electron chi connectivity index (χ1n) is 5.54.